The first-order chi connectivity index (χ1) is 17.2. The fourth-order valence-electron chi connectivity index (χ4n) is 3.56. The second-order valence-corrected chi connectivity index (χ2v) is 8.73. The Hall–Kier alpha value is -4.09. The van der Waals surface area contributed by atoms with Gasteiger partial charge in [-0.2, -0.15) is 18.4 Å². The number of amides is 1. The molecular formula is C28H18BrF3N2O2. The van der Waals surface area contributed by atoms with Crippen molar-refractivity contribution in [1.82, 2.24) is 0 Å². The van der Waals surface area contributed by atoms with Gasteiger partial charge in [-0.15, -0.1) is 0 Å². The van der Waals surface area contributed by atoms with Crippen molar-refractivity contribution in [1.29, 1.82) is 5.26 Å². The minimum atomic E-state index is -4.56. The lowest BCUT2D eigenvalue weighted by molar-refractivity contribution is -0.137. The molecule has 36 heavy (non-hydrogen) atoms. The molecule has 4 aromatic carbocycles. The molecule has 0 spiro atoms. The van der Waals surface area contributed by atoms with Crippen LogP contribution >= 0.6 is 15.9 Å². The SMILES string of the molecule is N#C/C(=C\c1c(OCc2ccc(Br)cc2)ccc2ccccc12)C(=O)Nc1cccc(C(F)(F)F)c1. The first kappa shape index (κ1) is 25.0. The Morgan fingerprint density at radius 2 is 1.75 bits per heavy atom. The van der Waals surface area contributed by atoms with E-state index >= 15 is 0 Å². The van der Waals surface area contributed by atoms with Gasteiger partial charge in [-0.05, 0) is 58.8 Å². The molecule has 0 saturated carbocycles. The van der Waals surface area contributed by atoms with Crippen LogP contribution in [0.5, 0.6) is 5.75 Å². The van der Waals surface area contributed by atoms with E-state index in [4.69, 9.17) is 4.74 Å². The van der Waals surface area contributed by atoms with E-state index in [1.165, 1.54) is 18.2 Å². The van der Waals surface area contributed by atoms with Crippen LogP contribution in [0, 0.1) is 11.3 Å². The summed E-state index contributed by atoms with van der Waals surface area (Å²) in [5.41, 5.74) is 0.184. The molecule has 1 N–H and O–H groups in total. The number of carbonyl (C=O) groups excluding carboxylic acids is 1. The van der Waals surface area contributed by atoms with E-state index in [1.807, 2.05) is 60.7 Å². The fourth-order valence-corrected chi connectivity index (χ4v) is 3.82. The average Bonchev–Trinajstić information content (AvgIpc) is 2.87. The van der Waals surface area contributed by atoms with Crippen LogP contribution in [0.2, 0.25) is 0 Å². The zero-order valence-electron chi connectivity index (χ0n) is 18.6. The van der Waals surface area contributed by atoms with Crippen molar-refractivity contribution in [2.75, 3.05) is 5.32 Å². The third-order valence-electron chi connectivity index (χ3n) is 5.34. The number of benzene rings is 4. The van der Waals surface area contributed by atoms with E-state index < -0.39 is 17.6 Å². The summed E-state index contributed by atoms with van der Waals surface area (Å²) in [7, 11) is 0. The highest BCUT2D eigenvalue weighted by Gasteiger charge is 2.30. The molecule has 8 heteroatoms. The standard InChI is InChI=1S/C28H18BrF3N2O2/c29-22-11-8-18(9-12-22)17-36-26-13-10-19-4-1-2-7-24(19)25(26)14-20(16-33)27(35)34-23-6-3-5-21(15-23)28(30,31)32/h1-15H,17H2,(H,34,35)/b20-14+. The topological polar surface area (TPSA) is 62.1 Å². The van der Waals surface area contributed by atoms with Gasteiger partial charge in [0.2, 0.25) is 0 Å². The molecule has 0 aliphatic carbocycles. The molecule has 0 aliphatic rings. The summed E-state index contributed by atoms with van der Waals surface area (Å²) in [6, 6.07) is 24.7. The summed E-state index contributed by atoms with van der Waals surface area (Å²) >= 11 is 3.39. The van der Waals surface area contributed by atoms with Crippen molar-refractivity contribution in [3.63, 3.8) is 0 Å². The largest absolute Gasteiger partial charge is 0.488 e. The van der Waals surface area contributed by atoms with E-state index in [1.54, 1.807) is 6.07 Å². The molecule has 4 rings (SSSR count). The fraction of sp³-hybridized carbons (Fsp3) is 0.0714. The number of hydrogen-bond donors (Lipinski definition) is 1. The lowest BCUT2D eigenvalue weighted by Crippen LogP contribution is -2.14. The van der Waals surface area contributed by atoms with Crippen LogP contribution in [0.15, 0.2) is 95.0 Å². The third kappa shape index (κ3) is 5.93. The van der Waals surface area contributed by atoms with Gasteiger partial charge < -0.3 is 10.1 Å². The van der Waals surface area contributed by atoms with Crippen LogP contribution in [-0.2, 0) is 17.6 Å². The zero-order valence-corrected chi connectivity index (χ0v) is 20.2. The Labute approximate surface area is 213 Å². The number of nitriles is 1. The second-order valence-electron chi connectivity index (χ2n) is 7.82. The number of nitrogens with one attached hydrogen (secondary N) is 1. The molecule has 0 atom stereocenters. The van der Waals surface area contributed by atoms with Crippen LogP contribution < -0.4 is 10.1 Å². The van der Waals surface area contributed by atoms with Gasteiger partial charge >= 0.3 is 6.18 Å². The average molecular weight is 551 g/mol. The van der Waals surface area contributed by atoms with Crippen LogP contribution in [0.25, 0.3) is 16.8 Å². The number of halogens is 4. The van der Waals surface area contributed by atoms with Crippen molar-refractivity contribution in [2.45, 2.75) is 12.8 Å². The predicted octanol–water partition coefficient (Wildman–Crippen LogP) is 7.75. The first-order valence-electron chi connectivity index (χ1n) is 10.7. The molecular weight excluding hydrogens is 533 g/mol. The van der Waals surface area contributed by atoms with E-state index in [2.05, 4.69) is 21.2 Å². The van der Waals surface area contributed by atoms with Crippen molar-refractivity contribution >= 4 is 44.4 Å². The Morgan fingerprint density at radius 1 is 1.00 bits per heavy atom. The summed E-state index contributed by atoms with van der Waals surface area (Å²) in [6.07, 6.45) is -3.17. The van der Waals surface area contributed by atoms with Gasteiger partial charge in [0, 0.05) is 15.7 Å². The molecule has 4 nitrogen and oxygen atoms in total. The first-order valence-corrected chi connectivity index (χ1v) is 11.5. The monoisotopic (exact) mass is 550 g/mol. The Balaban J connectivity index is 1.67. The van der Waals surface area contributed by atoms with Gasteiger partial charge in [-0.1, -0.05) is 64.5 Å². The Kier molecular flexibility index (Phi) is 7.41. The molecule has 0 aromatic heterocycles. The molecule has 180 valence electrons. The highest BCUT2D eigenvalue weighted by Crippen LogP contribution is 2.32. The normalized spacial score (nSPS) is 11.7. The maximum Gasteiger partial charge on any atom is 0.416 e. The van der Waals surface area contributed by atoms with Crippen molar-refractivity contribution in [3.8, 4) is 11.8 Å². The molecule has 0 unspecified atom stereocenters. The predicted molar refractivity (Wildman–Crippen MR) is 136 cm³/mol. The summed E-state index contributed by atoms with van der Waals surface area (Å²) in [5, 5.41) is 13.7. The number of alkyl halides is 3. The molecule has 0 radical (unpaired) electrons. The lowest BCUT2D eigenvalue weighted by atomic mass is 10.0. The van der Waals surface area contributed by atoms with Crippen LogP contribution in [0.1, 0.15) is 16.7 Å². The van der Waals surface area contributed by atoms with E-state index in [9.17, 15) is 23.2 Å². The number of hydrogen-bond acceptors (Lipinski definition) is 3. The Bertz CT molecular complexity index is 1490. The minimum Gasteiger partial charge on any atom is -0.488 e. The van der Waals surface area contributed by atoms with Crippen molar-refractivity contribution in [2.24, 2.45) is 0 Å². The number of ether oxygens (including phenoxy) is 1. The maximum absolute atomic E-state index is 13.0. The number of nitrogens with zero attached hydrogens (tertiary/aromatic N) is 1. The summed E-state index contributed by atoms with van der Waals surface area (Å²) in [4.78, 5) is 12.8. The van der Waals surface area contributed by atoms with Crippen LogP contribution in [0.3, 0.4) is 0 Å². The van der Waals surface area contributed by atoms with Gasteiger partial charge in [-0.3, -0.25) is 4.79 Å². The smallest absolute Gasteiger partial charge is 0.416 e. The Morgan fingerprint density at radius 3 is 2.47 bits per heavy atom. The number of anilines is 1. The van der Waals surface area contributed by atoms with E-state index in [-0.39, 0.29) is 17.9 Å². The highest BCUT2D eigenvalue weighted by molar-refractivity contribution is 9.10. The summed E-state index contributed by atoms with van der Waals surface area (Å²) < 4.78 is 46.1. The third-order valence-corrected chi connectivity index (χ3v) is 5.87. The molecule has 0 aliphatic heterocycles. The van der Waals surface area contributed by atoms with Crippen LogP contribution in [0.4, 0.5) is 18.9 Å². The molecule has 0 saturated heterocycles. The van der Waals surface area contributed by atoms with Crippen LogP contribution in [-0.4, -0.2) is 5.91 Å². The zero-order chi connectivity index (χ0) is 25.7. The number of fused-ring (bicyclic) bond motifs is 1. The van der Waals surface area contributed by atoms with Gasteiger partial charge in [0.1, 0.15) is 24.0 Å². The van der Waals surface area contributed by atoms with E-state index in [0.717, 1.165) is 32.9 Å². The quantitative estimate of drug-likeness (QED) is 0.197. The number of rotatable bonds is 6. The molecule has 0 fully saturated rings. The molecule has 1 amide bonds. The van der Waals surface area contributed by atoms with E-state index in [0.29, 0.717) is 11.3 Å². The summed E-state index contributed by atoms with van der Waals surface area (Å²) in [6.45, 7) is 0.255. The molecule has 0 bridgehead atoms. The van der Waals surface area contributed by atoms with Crippen molar-refractivity contribution < 1.29 is 22.7 Å². The summed E-state index contributed by atoms with van der Waals surface area (Å²) in [5.74, 6) is -0.375. The number of carbonyl (C=O) groups is 1. The van der Waals surface area contributed by atoms with Gasteiger partial charge in [0.15, 0.2) is 0 Å². The van der Waals surface area contributed by atoms with Gasteiger partial charge in [0.25, 0.3) is 5.91 Å². The minimum absolute atomic E-state index is 0.0689. The van der Waals surface area contributed by atoms with Crippen molar-refractivity contribution in [3.05, 3.63) is 112 Å². The maximum atomic E-state index is 13.0. The highest BCUT2D eigenvalue weighted by atomic mass is 79.9. The molecule has 4 aromatic rings. The van der Waals surface area contributed by atoms with Gasteiger partial charge in [-0.25, -0.2) is 0 Å². The van der Waals surface area contributed by atoms with Gasteiger partial charge in [0.05, 0.1) is 5.56 Å². The lowest BCUT2D eigenvalue weighted by Gasteiger charge is -2.13. The molecule has 0 heterocycles. The second kappa shape index (κ2) is 10.7.